The van der Waals surface area contributed by atoms with Crippen molar-refractivity contribution in [2.45, 2.75) is 0 Å². The maximum Gasteiger partial charge on any atom is 0.249 e. The summed E-state index contributed by atoms with van der Waals surface area (Å²) in [6.07, 6.45) is 0. The largest absolute Gasteiger partial charge is 0.408 e. The van der Waals surface area contributed by atoms with Crippen LogP contribution in [0.25, 0.3) is 0 Å². The second kappa shape index (κ2) is 2.63. The zero-order valence-electron chi connectivity index (χ0n) is 4.02. The molecule has 0 bridgehead atoms. The number of guanidine groups is 1. The average molecular weight is 82.7 g/mol. The Hall–Kier alpha value is -0.600. The predicted molar refractivity (Wildman–Crippen MR) is 31.8 cm³/mol. The zero-order valence-corrected chi connectivity index (χ0v) is 4.02. The van der Waals surface area contributed by atoms with Crippen LogP contribution in [-0.4, -0.2) is 21.9 Å². The molecule has 0 aromatic heterocycles. The summed E-state index contributed by atoms with van der Waals surface area (Å²) in [6.45, 7) is 0. The fourth-order valence-corrected chi connectivity index (χ4v) is 0.112. The van der Waals surface area contributed by atoms with E-state index >= 15 is 0 Å². The van der Waals surface area contributed by atoms with Crippen LogP contribution in [0, 0.1) is 0 Å². The fraction of sp³-hybridized carbons (Fsp3) is 0. The molecule has 0 aliphatic rings. The molecule has 3 nitrogen and oxygen atoms in total. The summed E-state index contributed by atoms with van der Waals surface area (Å²) in [5.41, 5.74) is 5.11. The molecule has 0 aromatic carbocycles. The molecule has 0 saturated carbocycles. The Balaban J connectivity index is 3.22. The molecule has 0 atom stereocenters. The smallest absolute Gasteiger partial charge is 0.249 e. The van der Waals surface area contributed by atoms with Gasteiger partial charge in [-0.15, -0.1) is 0 Å². The van der Waals surface area contributed by atoms with Gasteiger partial charge in [0, 0.05) is 0 Å². The summed E-state index contributed by atoms with van der Waals surface area (Å²) in [5, 5.41) is 2.64. The molecule has 0 fully saturated rings. The molecule has 0 amide bonds. The third kappa shape index (κ3) is 1.69. The van der Waals surface area contributed by atoms with E-state index in [2.05, 4.69) is 10.1 Å². The highest BCUT2D eigenvalue weighted by Crippen LogP contribution is 1.45. The van der Waals surface area contributed by atoms with Crippen molar-refractivity contribution in [2.24, 2.45) is 10.6 Å². The van der Waals surface area contributed by atoms with Crippen molar-refractivity contribution < 1.29 is 0 Å². The lowest BCUT2D eigenvalue weighted by Gasteiger charge is -1.91. The van der Waals surface area contributed by atoms with Gasteiger partial charge in [-0.25, -0.2) is 0 Å². The lowest BCUT2D eigenvalue weighted by molar-refractivity contribution is 1.40. The molecule has 5 heteroatoms. The Labute approximate surface area is 38.9 Å². The molecular formula is CH7B2N3. The Morgan fingerprint density at radius 3 is 2.33 bits per heavy atom. The summed E-state index contributed by atoms with van der Waals surface area (Å²) < 4.78 is 0. The first kappa shape index (κ1) is 5.40. The van der Waals surface area contributed by atoms with Gasteiger partial charge in [0.05, 0.1) is 0 Å². The van der Waals surface area contributed by atoms with Gasteiger partial charge < -0.3 is 15.9 Å². The van der Waals surface area contributed by atoms with Crippen LogP contribution < -0.4 is 11.0 Å². The fourth-order valence-electron chi connectivity index (χ4n) is 0.112. The normalized spacial score (nSPS) is 11.0. The van der Waals surface area contributed by atoms with Gasteiger partial charge in [0.2, 0.25) is 16.0 Å². The van der Waals surface area contributed by atoms with Crippen LogP contribution in [0.1, 0.15) is 0 Å². The number of nitrogens with one attached hydrogen (secondary N) is 1. The number of hydrogen-bond donors (Lipinski definition) is 2. The molecule has 0 radical (unpaired) electrons. The van der Waals surface area contributed by atoms with Crippen LogP contribution >= 0.6 is 0 Å². The summed E-state index contributed by atoms with van der Waals surface area (Å²) in [5.74, 6) is 0.468. The van der Waals surface area contributed by atoms with Crippen LogP contribution in [0.5, 0.6) is 0 Å². The Kier molecular flexibility index (Phi) is 2.36. The maximum atomic E-state index is 5.11. The van der Waals surface area contributed by atoms with E-state index in [1.165, 1.54) is 0 Å². The summed E-state index contributed by atoms with van der Waals surface area (Å²) in [7, 11) is 3.36. The zero-order chi connectivity index (χ0) is 4.99. The molecule has 0 saturated heterocycles. The van der Waals surface area contributed by atoms with Crippen molar-refractivity contribution in [3.63, 3.8) is 0 Å². The van der Waals surface area contributed by atoms with Gasteiger partial charge in [-0.3, -0.25) is 0 Å². The molecule has 0 spiro atoms. The van der Waals surface area contributed by atoms with Crippen LogP contribution in [0.3, 0.4) is 0 Å². The lowest BCUT2D eigenvalue weighted by atomic mass is 10.4. The average Bonchev–Trinajstić information content (AvgIpc) is 1.65. The third-order valence-corrected chi connectivity index (χ3v) is 0.497. The summed E-state index contributed by atoms with van der Waals surface area (Å²) >= 11 is 0. The van der Waals surface area contributed by atoms with E-state index in [1.807, 2.05) is 0 Å². The van der Waals surface area contributed by atoms with Crippen LogP contribution in [0.15, 0.2) is 4.90 Å². The second-order valence-corrected chi connectivity index (χ2v) is 0.859. The highest BCUT2D eigenvalue weighted by molar-refractivity contribution is 6.19. The Morgan fingerprint density at radius 1 is 1.83 bits per heavy atom. The highest BCUT2D eigenvalue weighted by Gasteiger charge is 1.71. The molecule has 3 N–H and O–H groups in total. The van der Waals surface area contributed by atoms with Crippen molar-refractivity contribution in [3.8, 4) is 0 Å². The minimum atomic E-state index is 0.468. The Morgan fingerprint density at radius 2 is 2.33 bits per heavy atom. The first-order chi connectivity index (χ1) is 2.81. The van der Waals surface area contributed by atoms with E-state index in [0.717, 1.165) is 0 Å². The van der Waals surface area contributed by atoms with Gasteiger partial charge in [-0.1, -0.05) is 0 Å². The number of nitrogens with zero attached hydrogens (tertiary/aromatic N) is 1. The standard InChI is InChI=1S/CH7B2N3/c2-5-1(4)6-3/h2-3H2,(H3,4,5,6). The van der Waals surface area contributed by atoms with Crippen molar-refractivity contribution in [2.75, 3.05) is 0 Å². The van der Waals surface area contributed by atoms with E-state index < -0.39 is 0 Å². The van der Waals surface area contributed by atoms with Gasteiger partial charge in [-0.05, 0) is 0 Å². The van der Waals surface area contributed by atoms with Crippen molar-refractivity contribution in [3.05, 3.63) is 0 Å². The molecule has 0 unspecified atom stereocenters. The monoisotopic (exact) mass is 83.1 g/mol. The molecular weight excluding hydrogens is 75.7 g/mol. The number of rotatable bonds is 0. The van der Waals surface area contributed by atoms with Crippen LogP contribution in [0.4, 0.5) is 0 Å². The molecule has 0 aliphatic carbocycles. The van der Waals surface area contributed by atoms with Gasteiger partial charge in [0.1, 0.15) is 0 Å². The van der Waals surface area contributed by atoms with Gasteiger partial charge in [0.25, 0.3) is 0 Å². The molecule has 0 aromatic rings. The lowest BCUT2D eigenvalue weighted by Crippen LogP contribution is -2.28. The molecule has 32 valence electrons. The van der Waals surface area contributed by atoms with E-state index in [9.17, 15) is 0 Å². The van der Waals surface area contributed by atoms with Crippen molar-refractivity contribution in [1.82, 2.24) is 5.23 Å². The van der Waals surface area contributed by atoms with E-state index in [1.54, 1.807) is 16.0 Å². The maximum absolute atomic E-state index is 5.11. The SMILES string of the molecule is B/N=C(/N)NB. The molecule has 6 heavy (non-hydrogen) atoms. The van der Waals surface area contributed by atoms with E-state index in [0.29, 0.717) is 5.96 Å². The van der Waals surface area contributed by atoms with E-state index in [-0.39, 0.29) is 0 Å². The van der Waals surface area contributed by atoms with Gasteiger partial charge in [-0.2, -0.15) is 0 Å². The topological polar surface area (TPSA) is 50.4 Å². The first-order valence-corrected chi connectivity index (χ1v) is 1.71. The number of nitrogens with two attached hydrogens (primary N) is 1. The van der Waals surface area contributed by atoms with Crippen molar-refractivity contribution >= 4 is 21.9 Å². The Bertz CT molecular complexity index is 59.8. The summed E-state index contributed by atoms with van der Waals surface area (Å²) in [6, 6.07) is 0. The minimum Gasteiger partial charge on any atom is -0.408 e. The number of hydrogen-bond acceptors (Lipinski definition) is 1. The van der Waals surface area contributed by atoms with Crippen molar-refractivity contribution in [1.29, 1.82) is 0 Å². The molecule has 0 heterocycles. The quantitative estimate of drug-likeness (QED) is 0.186. The minimum absolute atomic E-state index is 0.468. The predicted octanol–water partition coefficient (Wildman–Crippen LogP) is -3.01. The van der Waals surface area contributed by atoms with Gasteiger partial charge >= 0.3 is 0 Å². The van der Waals surface area contributed by atoms with Crippen LogP contribution in [-0.2, 0) is 0 Å². The third-order valence-electron chi connectivity index (χ3n) is 0.497. The van der Waals surface area contributed by atoms with E-state index in [4.69, 9.17) is 5.73 Å². The first-order valence-electron chi connectivity index (χ1n) is 1.71. The van der Waals surface area contributed by atoms with Crippen LogP contribution in [0.2, 0.25) is 0 Å². The molecule has 0 rings (SSSR count). The highest BCUT2D eigenvalue weighted by atomic mass is 15.0. The second-order valence-electron chi connectivity index (χ2n) is 0.859. The summed E-state index contributed by atoms with van der Waals surface area (Å²) in [4.78, 5) is 3.59. The van der Waals surface area contributed by atoms with Gasteiger partial charge in [0.15, 0.2) is 5.96 Å². The molecule has 0 aliphatic heterocycles.